The first-order valence-corrected chi connectivity index (χ1v) is 4.80. The summed E-state index contributed by atoms with van der Waals surface area (Å²) in [4.78, 5) is 0. The highest BCUT2D eigenvalue weighted by atomic mass is 16.7. The van der Waals surface area contributed by atoms with Crippen molar-refractivity contribution in [1.29, 1.82) is 0 Å². The van der Waals surface area contributed by atoms with Crippen LogP contribution in [-0.2, 0) is 9.47 Å². The molecule has 15 heavy (non-hydrogen) atoms. The van der Waals surface area contributed by atoms with E-state index in [4.69, 9.17) is 18.9 Å². The van der Waals surface area contributed by atoms with E-state index in [0.717, 1.165) is 17.1 Å². The third kappa shape index (κ3) is 2.06. The second kappa shape index (κ2) is 4.51. The highest BCUT2D eigenvalue weighted by Gasteiger charge is 2.22. The van der Waals surface area contributed by atoms with Crippen LogP contribution in [0.4, 0.5) is 0 Å². The average Bonchev–Trinajstić information content (AvgIpc) is 2.81. The molecular formula is C11H14O4. The van der Waals surface area contributed by atoms with Crippen LogP contribution in [0.5, 0.6) is 11.5 Å². The monoisotopic (exact) mass is 210 g/mol. The maximum absolute atomic E-state index is 5.42. The molecule has 82 valence electrons. The quantitative estimate of drug-likeness (QED) is 0.761. The number of hydrogen-bond acceptors (Lipinski definition) is 4. The van der Waals surface area contributed by atoms with E-state index in [9.17, 15) is 0 Å². The van der Waals surface area contributed by atoms with Gasteiger partial charge in [0.2, 0.25) is 0 Å². The molecule has 0 N–H and O–H groups in total. The summed E-state index contributed by atoms with van der Waals surface area (Å²) in [6, 6.07) is 5.56. The normalized spacial score (nSPS) is 16.7. The van der Waals surface area contributed by atoms with Crippen molar-refractivity contribution < 1.29 is 18.9 Å². The van der Waals surface area contributed by atoms with Crippen LogP contribution in [-0.4, -0.2) is 27.4 Å². The molecular weight excluding hydrogens is 196 g/mol. The lowest BCUT2D eigenvalue weighted by Crippen LogP contribution is -2.01. The molecule has 1 heterocycles. The Morgan fingerprint density at radius 2 is 1.87 bits per heavy atom. The highest BCUT2D eigenvalue weighted by Crippen LogP contribution is 2.33. The van der Waals surface area contributed by atoms with Crippen molar-refractivity contribution in [3.8, 4) is 11.5 Å². The van der Waals surface area contributed by atoms with Crippen LogP contribution in [0.25, 0.3) is 0 Å². The first-order valence-electron chi connectivity index (χ1n) is 4.80. The number of benzene rings is 1. The van der Waals surface area contributed by atoms with Gasteiger partial charge in [0, 0.05) is 0 Å². The minimum absolute atomic E-state index is 0.338. The summed E-state index contributed by atoms with van der Waals surface area (Å²) in [6.45, 7) is 1.23. The van der Waals surface area contributed by atoms with E-state index in [0.29, 0.717) is 13.2 Å². The molecule has 0 bridgehead atoms. The second-order valence-corrected chi connectivity index (χ2v) is 3.18. The lowest BCUT2D eigenvalue weighted by molar-refractivity contribution is -0.0455. The van der Waals surface area contributed by atoms with Crippen LogP contribution < -0.4 is 9.47 Å². The zero-order chi connectivity index (χ0) is 10.7. The zero-order valence-corrected chi connectivity index (χ0v) is 8.86. The van der Waals surface area contributed by atoms with E-state index in [1.807, 2.05) is 18.2 Å². The molecule has 0 aliphatic carbocycles. The predicted molar refractivity (Wildman–Crippen MR) is 54.2 cm³/mol. The molecule has 4 heteroatoms. The summed E-state index contributed by atoms with van der Waals surface area (Å²) >= 11 is 0. The van der Waals surface area contributed by atoms with Gasteiger partial charge in [-0.15, -0.1) is 0 Å². The standard InChI is InChI=1S/C11H14O4/c1-12-8-3-4-10(13-2)9(7-8)11-14-5-6-15-11/h3-4,7,11H,5-6H2,1-2H3. The highest BCUT2D eigenvalue weighted by molar-refractivity contribution is 5.41. The summed E-state index contributed by atoms with van der Waals surface area (Å²) in [6.07, 6.45) is -0.338. The molecule has 0 amide bonds. The summed E-state index contributed by atoms with van der Waals surface area (Å²) in [5, 5.41) is 0. The van der Waals surface area contributed by atoms with E-state index in [-0.39, 0.29) is 6.29 Å². The van der Waals surface area contributed by atoms with Crippen LogP contribution in [0, 0.1) is 0 Å². The Bertz CT molecular complexity index is 331. The molecule has 1 fully saturated rings. The maximum atomic E-state index is 5.42. The van der Waals surface area contributed by atoms with Crippen molar-refractivity contribution in [1.82, 2.24) is 0 Å². The predicted octanol–water partition coefficient (Wildman–Crippen LogP) is 1.75. The molecule has 1 aromatic carbocycles. The molecule has 0 spiro atoms. The Labute approximate surface area is 88.7 Å². The molecule has 1 saturated heterocycles. The molecule has 0 radical (unpaired) electrons. The summed E-state index contributed by atoms with van der Waals surface area (Å²) in [5.74, 6) is 1.52. The van der Waals surface area contributed by atoms with Gasteiger partial charge in [0.25, 0.3) is 0 Å². The van der Waals surface area contributed by atoms with Gasteiger partial charge in [-0.25, -0.2) is 0 Å². The fourth-order valence-corrected chi connectivity index (χ4v) is 1.56. The largest absolute Gasteiger partial charge is 0.497 e. The fraction of sp³-hybridized carbons (Fsp3) is 0.455. The molecule has 4 nitrogen and oxygen atoms in total. The summed E-state index contributed by atoms with van der Waals surface area (Å²) in [7, 11) is 3.25. The molecule has 0 atom stereocenters. The summed E-state index contributed by atoms with van der Waals surface area (Å²) < 4.78 is 21.2. The Balaban J connectivity index is 2.32. The van der Waals surface area contributed by atoms with E-state index < -0.39 is 0 Å². The van der Waals surface area contributed by atoms with Gasteiger partial charge in [-0.2, -0.15) is 0 Å². The lowest BCUT2D eigenvalue weighted by Gasteiger charge is -2.14. The Morgan fingerprint density at radius 1 is 1.13 bits per heavy atom. The van der Waals surface area contributed by atoms with E-state index >= 15 is 0 Å². The minimum Gasteiger partial charge on any atom is -0.497 e. The zero-order valence-electron chi connectivity index (χ0n) is 8.86. The average molecular weight is 210 g/mol. The van der Waals surface area contributed by atoms with Gasteiger partial charge in [0.15, 0.2) is 6.29 Å². The second-order valence-electron chi connectivity index (χ2n) is 3.18. The Hall–Kier alpha value is -1.26. The molecule has 1 aliphatic rings. The number of ether oxygens (including phenoxy) is 4. The van der Waals surface area contributed by atoms with Gasteiger partial charge in [0.1, 0.15) is 11.5 Å². The topological polar surface area (TPSA) is 36.9 Å². The van der Waals surface area contributed by atoms with Crippen LogP contribution in [0.1, 0.15) is 11.9 Å². The lowest BCUT2D eigenvalue weighted by atomic mass is 10.2. The molecule has 1 aliphatic heterocycles. The maximum Gasteiger partial charge on any atom is 0.187 e. The van der Waals surface area contributed by atoms with Gasteiger partial charge < -0.3 is 18.9 Å². The molecule has 2 rings (SSSR count). The van der Waals surface area contributed by atoms with Crippen LogP contribution in [0.3, 0.4) is 0 Å². The third-order valence-corrected chi connectivity index (χ3v) is 2.31. The molecule has 0 unspecified atom stereocenters. The van der Waals surface area contributed by atoms with Crippen molar-refractivity contribution in [2.75, 3.05) is 27.4 Å². The van der Waals surface area contributed by atoms with E-state index in [2.05, 4.69) is 0 Å². The number of hydrogen-bond donors (Lipinski definition) is 0. The number of methoxy groups -OCH3 is 2. The summed E-state index contributed by atoms with van der Waals surface area (Å²) in [5.41, 5.74) is 0.870. The van der Waals surface area contributed by atoms with Crippen molar-refractivity contribution in [2.45, 2.75) is 6.29 Å². The van der Waals surface area contributed by atoms with E-state index in [1.54, 1.807) is 14.2 Å². The van der Waals surface area contributed by atoms with Crippen LogP contribution in [0.15, 0.2) is 18.2 Å². The van der Waals surface area contributed by atoms with Crippen molar-refractivity contribution in [3.05, 3.63) is 23.8 Å². The first-order chi connectivity index (χ1) is 7.35. The van der Waals surface area contributed by atoms with E-state index in [1.165, 1.54) is 0 Å². The first kappa shape index (κ1) is 10.3. The van der Waals surface area contributed by atoms with Gasteiger partial charge in [-0.05, 0) is 18.2 Å². The molecule has 0 saturated carbocycles. The smallest absolute Gasteiger partial charge is 0.187 e. The molecule has 1 aromatic rings. The Kier molecular flexibility index (Phi) is 3.08. The fourth-order valence-electron chi connectivity index (χ4n) is 1.56. The van der Waals surface area contributed by atoms with Crippen LogP contribution in [0.2, 0.25) is 0 Å². The third-order valence-electron chi connectivity index (χ3n) is 2.31. The van der Waals surface area contributed by atoms with Gasteiger partial charge in [-0.3, -0.25) is 0 Å². The van der Waals surface area contributed by atoms with Crippen LogP contribution >= 0.6 is 0 Å². The van der Waals surface area contributed by atoms with Gasteiger partial charge in [0.05, 0.1) is 33.0 Å². The SMILES string of the molecule is COc1ccc(OC)c(C2OCCO2)c1. The Morgan fingerprint density at radius 3 is 2.47 bits per heavy atom. The van der Waals surface area contributed by atoms with Gasteiger partial charge in [-0.1, -0.05) is 0 Å². The molecule has 0 aromatic heterocycles. The van der Waals surface area contributed by atoms with Crippen molar-refractivity contribution in [2.24, 2.45) is 0 Å². The van der Waals surface area contributed by atoms with Crippen molar-refractivity contribution >= 4 is 0 Å². The van der Waals surface area contributed by atoms with Gasteiger partial charge >= 0.3 is 0 Å². The minimum atomic E-state index is -0.338. The number of rotatable bonds is 3. The van der Waals surface area contributed by atoms with Crippen molar-refractivity contribution in [3.63, 3.8) is 0 Å².